The molecule has 0 atom stereocenters. The minimum atomic E-state index is -2.70. The number of fused-ring (bicyclic) bond motifs is 1. The van der Waals surface area contributed by atoms with E-state index in [0.29, 0.717) is 21.8 Å². The summed E-state index contributed by atoms with van der Waals surface area (Å²) in [5.74, 6) is -0.733. The van der Waals surface area contributed by atoms with Crippen LogP contribution in [0.4, 0.5) is 18.7 Å². The maximum Gasteiger partial charge on any atom is 0.321 e. The molecule has 0 saturated carbocycles. The maximum atomic E-state index is 12.5. The Morgan fingerprint density at radius 3 is 2.40 bits per heavy atom. The Labute approximate surface area is 176 Å². The van der Waals surface area contributed by atoms with Gasteiger partial charge in [-0.1, -0.05) is 12.1 Å². The Kier molecular flexibility index (Phi) is 5.50. The Morgan fingerprint density at radius 2 is 1.77 bits per heavy atom. The molecule has 3 heterocycles. The third-order valence-corrected chi connectivity index (χ3v) is 5.84. The number of anilines is 1. The number of nitrogens with one attached hydrogen (secondary N) is 2. The van der Waals surface area contributed by atoms with Crippen molar-refractivity contribution in [1.29, 1.82) is 0 Å². The zero-order valence-corrected chi connectivity index (χ0v) is 16.7. The van der Waals surface area contributed by atoms with Gasteiger partial charge in [0.15, 0.2) is 5.13 Å². The van der Waals surface area contributed by atoms with Gasteiger partial charge in [-0.25, -0.2) is 23.5 Å². The van der Waals surface area contributed by atoms with Crippen molar-refractivity contribution in [2.24, 2.45) is 0 Å². The summed E-state index contributed by atoms with van der Waals surface area (Å²) >= 11 is 2.16. The van der Waals surface area contributed by atoms with E-state index in [2.05, 4.69) is 20.6 Å². The summed E-state index contributed by atoms with van der Waals surface area (Å²) in [4.78, 5) is 45.8. The summed E-state index contributed by atoms with van der Waals surface area (Å²) in [6, 6.07) is 6.01. The number of rotatable bonds is 6. The zero-order chi connectivity index (χ0) is 21.3. The van der Waals surface area contributed by atoms with Crippen LogP contribution >= 0.6 is 22.7 Å². The SMILES string of the molecule is O=C(NCc1nc(CN2C(=O)c3ccccc3C2=O)cs1)Nc1nc(C(F)F)cs1. The van der Waals surface area contributed by atoms with Crippen LogP contribution in [0.15, 0.2) is 35.0 Å². The molecule has 3 aromatic rings. The first kappa shape index (κ1) is 20.0. The lowest BCUT2D eigenvalue weighted by Gasteiger charge is -2.11. The quantitative estimate of drug-likeness (QED) is 0.559. The van der Waals surface area contributed by atoms with E-state index in [0.717, 1.165) is 16.2 Å². The van der Waals surface area contributed by atoms with Crippen molar-refractivity contribution >= 4 is 45.7 Å². The minimum absolute atomic E-state index is 0.0323. The molecule has 1 aromatic carbocycles. The second-order valence-corrected chi connectivity index (χ2v) is 7.96. The van der Waals surface area contributed by atoms with Gasteiger partial charge in [-0.3, -0.25) is 19.8 Å². The number of carbonyl (C=O) groups excluding carboxylic acids is 3. The van der Waals surface area contributed by atoms with Gasteiger partial charge in [-0.05, 0) is 12.1 Å². The van der Waals surface area contributed by atoms with E-state index in [1.165, 1.54) is 16.7 Å². The number of carbonyl (C=O) groups is 3. The van der Waals surface area contributed by atoms with Crippen molar-refractivity contribution in [2.45, 2.75) is 19.5 Å². The first-order valence-electron chi connectivity index (χ1n) is 8.59. The van der Waals surface area contributed by atoms with Gasteiger partial charge in [-0.2, -0.15) is 0 Å². The average molecular weight is 449 g/mol. The van der Waals surface area contributed by atoms with E-state index in [-0.39, 0.29) is 30.0 Å². The molecule has 4 amide bonds. The number of benzene rings is 1. The first-order valence-corrected chi connectivity index (χ1v) is 10.3. The number of nitrogens with zero attached hydrogens (tertiary/aromatic N) is 3. The van der Waals surface area contributed by atoms with Crippen LogP contribution in [-0.4, -0.2) is 32.7 Å². The van der Waals surface area contributed by atoms with Gasteiger partial charge in [0.2, 0.25) is 0 Å². The van der Waals surface area contributed by atoms with E-state index in [4.69, 9.17) is 0 Å². The largest absolute Gasteiger partial charge is 0.331 e. The first-order chi connectivity index (χ1) is 14.4. The topological polar surface area (TPSA) is 104 Å². The number of amides is 4. The van der Waals surface area contributed by atoms with Crippen molar-refractivity contribution in [3.05, 3.63) is 62.5 Å². The molecule has 8 nitrogen and oxygen atoms in total. The normalized spacial score (nSPS) is 13.1. The van der Waals surface area contributed by atoms with Crippen molar-refractivity contribution in [3.63, 3.8) is 0 Å². The van der Waals surface area contributed by atoms with Crippen molar-refractivity contribution in [3.8, 4) is 0 Å². The highest BCUT2D eigenvalue weighted by atomic mass is 32.1. The summed E-state index contributed by atoms with van der Waals surface area (Å²) in [6.07, 6.45) is -2.70. The lowest BCUT2D eigenvalue weighted by Crippen LogP contribution is -2.29. The molecule has 1 aliphatic heterocycles. The smallest absolute Gasteiger partial charge is 0.321 e. The standard InChI is InChI=1S/C18H13F2N5O3S2/c19-14(20)12-8-30-18(23-12)24-17(28)21-5-13-22-9(7-29-13)6-25-15(26)10-3-1-2-4-11(10)16(25)27/h1-4,7-8,14H,5-6H2,(H2,21,23,24,28). The van der Waals surface area contributed by atoms with E-state index in [1.807, 2.05) is 0 Å². The molecule has 0 fully saturated rings. The molecule has 30 heavy (non-hydrogen) atoms. The molecule has 0 aliphatic carbocycles. The molecular weight excluding hydrogens is 436 g/mol. The predicted molar refractivity (Wildman–Crippen MR) is 106 cm³/mol. The second kappa shape index (κ2) is 8.24. The van der Waals surface area contributed by atoms with Crippen LogP contribution in [0.25, 0.3) is 0 Å². The minimum Gasteiger partial charge on any atom is -0.331 e. The molecule has 1 aliphatic rings. The molecule has 2 aromatic heterocycles. The summed E-state index contributed by atoms with van der Waals surface area (Å²) in [5, 5.41) is 8.43. The molecule has 154 valence electrons. The number of aromatic nitrogens is 2. The lowest BCUT2D eigenvalue weighted by atomic mass is 10.1. The van der Waals surface area contributed by atoms with Gasteiger partial charge in [0, 0.05) is 10.8 Å². The molecule has 0 bridgehead atoms. The van der Waals surface area contributed by atoms with Crippen LogP contribution in [0.1, 0.15) is 43.5 Å². The summed E-state index contributed by atoms with van der Waals surface area (Å²) in [6.45, 7) is 0.121. The fraction of sp³-hybridized carbons (Fsp3) is 0.167. The van der Waals surface area contributed by atoms with E-state index >= 15 is 0 Å². The maximum absolute atomic E-state index is 12.5. The Balaban J connectivity index is 1.32. The average Bonchev–Trinajstić information content (AvgIpc) is 3.43. The Bertz CT molecular complexity index is 1100. The van der Waals surface area contributed by atoms with Crippen LogP contribution < -0.4 is 10.6 Å². The van der Waals surface area contributed by atoms with Crippen LogP contribution in [-0.2, 0) is 13.1 Å². The summed E-state index contributed by atoms with van der Waals surface area (Å²) in [7, 11) is 0. The Hall–Kier alpha value is -3.25. The highest BCUT2D eigenvalue weighted by molar-refractivity contribution is 7.14. The van der Waals surface area contributed by atoms with Gasteiger partial charge in [0.1, 0.15) is 10.7 Å². The molecule has 0 radical (unpaired) electrons. The number of halogens is 2. The van der Waals surface area contributed by atoms with Crippen LogP contribution in [0.3, 0.4) is 0 Å². The van der Waals surface area contributed by atoms with Crippen LogP contribution in [0, 0.1) is 0 Å². The highest BCUT2D eigenvalue weighted by Crippen LogP contribution is 2.25. The number of alkyl halides is 2. The van der Waals surface area contributed by atoms with Gasteiger partial charge >= 0.3 is 6.03 Å². The molecule has 2 N–H and O–H groups in total. The van der Waals surface area contributed by atoms with Gasteiger partial charge in [-0.15, -0.1) is 22.7 Å². The molecule has 0 spiro atoms. The third kappa shape index (κ3) is 4.04. The fourth-order valence-electron chi connectivity index (χ4n) is 2.79. The van der Waals surface area contributed by atoms with E-state index < -0.39 is 18.2 Å². The summed E-state index contributed by atoms with van der Waals surface area (Å²) < 4.78 is 25.0. The van der Waals surface area contributed by atoms with Crippen LogP contribution in [0.2, 0.25) is 0 Å². The second-order valence-electron chi connectivity index (χ2n) is 6.16. The summed E-state index contributed by atoms with van der Waals surface area (Å²) in [5.41, 5.74) is 0.864. The molecule has 0 unspecified atom stereocenters. The van der Waals surface area contributed by atoms with Gasteiger partial charge < -0.3 is 5.32 Å². The molecular formula is C18H13F2N5O3S2. The predicted octanol–water partition coefficient (Wildman–Crippen LogP) is 3.66. The number of thiazole rings is 2. The number of imide groups is 1. The van der Waals surface area contributed by atoms with Crippen molar-refractivity contribution in [2.75, 3.05) is 5.32 Å². The number of hydrogen-bond acceptors (Lipinski definition) is 7. The fourth-order valence-corrected chi connectivity index (χ4v) is 4.21. The zero-order valence-electron chi connectivity index (χ0n) is 15.1. The monoisotopic (exact) mass is 449 g/mol. The van der Waals surface area contributed by atoms with Crippen molar-refractivity contribution < 1.29 is 23.2 Å². The number of hydrogen-bond donors (Lipinski definition) is 2. The van der Waals surface area contributed by atoms with Crippen LogP contribution in [0.5, 0.6) is 0 Å². The third-order valence-electron chi connectivity index (χ3n) is 4.16. The lowest BCUT2D eigenvalue weighted by molar-refractivity contribution is 0.0640. The Morgan fingerprint density at radius 1 is 1.07 bits per heavy atom. The highest BCUT2D eigenvalue weighted by Gasteiger charge is 2.35. The molecule has 4 rings (SSSR count). The molecule has 12 heteroatoms. The van der Waals surface area contributed by atoms with E-state index in [1.54, 1.807) is 29.6 Å². The number of urea groups is 1. The molecule has 0 saturated heterocycles. The van der Waals surface area contributed by atoms with Gasteiger partial charge in [0.05, 0.1) is 29.9 Å². The van der Waals surface area contributed by atoms with E-state index in [9.17, 15) is 23.2 Å². The van der Waals surface area contributed by atoms with Gasteiger partial charge in [0.25, 0.3) is 18.2 Å². The van der Waals surface area contributed by atoms with Crippen molar-refractivity contribution in [1.82, 2.24) is 20.2 Å².